The van der Waals surface area contributed by atoms with Gasteiger partial charge in [0.15, 0.2) is 0 Å². The summed E-state index contributed by atoms with van der Waals surface area (Å²) in [4.78, 5) is 39.6. The largest absolute Gasteiger partial charge is 0.416 e. The number of nitrogens with zero attached hydrogens (tertiary/aromatic N) is 1. The molecule has 4 rings (SSSR count). The highest BCUT2D eigenvalue weighted by atomic mass is 19.4. The minimum absolute atomic E-state index is 0.0346. The van der Waals surface area contributed by atoms with Gasteiger partial charge in [0, 0.05) is 30.3 Å². The van der Waals surface area contributed by atoms with E-state index in [1.807, 2.05) is 0 Å². The molecule has 1 heterocycles. The van der Waals surface area contributed by atoms with Crippen molar-refractivity contribution in [3.63, 3.8) is 0 Å². The van der Waals surface area contributed by atoms with E-state index in [0.717, 1.165) is 30.5 Å². The molecular formula is C29H24F7N3O3. The highest BCUT2D eigenvalue weighted by Gasteiger charge is 2.38. The van der Waals surface area contributed by atoms with Gasteiger partial charge in [-0.2, -0.15) is 26.3 Å². The number of rotatable bonds is 5. The standard InChI is InChI=1S/C29H24F7N3O3/c1-39(27(42)18-12-19(28(31,32)33)15-20(13-18)29(34,35)36)24-14-17(7-10-22(24)16-5-8-21(30)9-6-16)25(40)38-23-4-2-3-11-37-26(23)41/h5-10,12-15,23H,2-4,11H2,1H3,(H,37,41)(H,38,40). The van der Waals surface area contributed by atoms with Gasteiger partial charge < -0.3 is 15.5 Å². The van der Waals surface area contributed by atoms with Crippen LogP contribution in [0.2, 0.25) is 0 Å². The zero-order valence-electron chi connectivity index (χ0n) is 22.0. The first-order valence-electron chi connectivity index (χ1n) is 12.7. The number of alkyl halides is 6. The monoisotopic (exact) mass is 595 g/mol. The molecule has 1 aliphatic heterocycles. The average Bonchev–Trinajstić information content (AvgIpc) is 3.14. The lowest BCUT2D eigenvalue weighted by Crippen LogP contribution is -2.45. The molecule has 0 spiro atoms. The lowest BCUT2D eigenvalue weighted by Gasteiger charge is -2.23. The van der Waals surface area contributed by atoms with Gasteiger partial charge in [0.05, 0.1) is 16.8 Å². The van der Waals surface area contributed by atoms with Crippen LogP contribution in [-0.2, 0) is 17.1 Å². The summed E-state index contributed by atoms with van der Waals surface area (Å²) in [5, 5.41) is 5.29. The SMILES string of the molecule is CN(C(=O)c1cc(C(F)(F)F)cc(C(F)(F)F)c1)c1cc(C(=O)NC2CCCCNC2=O)ccc1-c1ccc(F)cc1. The lowest BCUT2D eigenvalue weighted by atomic mass is 9.99. The molecule has 0 saturated carbocycles. The second kappa shape index (κ2) is 11.8. The Bertz CT molecular complexity index is 1470. The van der Waals surface area contributed by atoms with Crippen LogP contribution in [0.4, 0.5) is 36.4 Å². The van der Waals surface area contributed by atoms with Crippen molar-refractivity contribution in [2.45, 2.75) is 37.7 Å². The molecular weight excluding hydrogens is 571 g/mol. The molecule has 1 aliphatic rings. The van der Waals surface area contributed by atoms with Crippen LogP contribution in [0.15, 0.2) is 60.7 Å². The topological polar surface area (TPSA) is 78.5 Å². The molecule has 3 amide bonds. The molecule has 3 aromatic carbocycles. The molecule has 1 unspecified atom stereocenters. The van der Waals surface area contributed by atoms with Crippen molar-refractivity contribution >= 4 is 23.4 Å². The van der Waals surface area contributed by atoms with E-state index in [-0.39, 0.29) is 28.8 Å². The number of carbonyl (C=O) groups excluding carboxylic acids is 3. The first kappa shape index (κ1) is 30.5. The Kier molecular flexibility index (Phi) is 8.60. The van der Waals surface area contributed by atoms with Crippen LogP contribution >= 0.6 is 0 Å². The van der Waals surface area contributed by atoms with E-state index in [9.17, 15) is 45.1 Å². The zero-order chi connectivity index (χ0) is 30.8. The smallest absolute Gasteiger partial charge is 0.354 e. The van der Waals surface area contributed by atoms with Crippen molar-refractivity contribution in [2.24, 2.45) is 0 Å². The van der Waals surface area contributed by atoms with E-state index in [1.54, 1.807) is 0 Å². The molecule has 13 heteroatoms. The Morgan fingerprint density at radius 3 is 2.07 bits per heavy atom. The van der Waals surface area contributed by atoms with Gasteiger partial charge >= 0.3 is 12.4 Å². The number of carbonyl (C=O) groups is 3. The van der Waals surface area contributed by atoms with Gasteiger partial charge in [0.25, 0.3) is 11.8 Å². The van der Waals surface area contributed by atoms with Crippen molar-refractivity contribution in [1.82, 2.24) is 10.6 Å². The van der Waals surface area contributed by atoms with E-state index >= 15 is 0 Å². The summed E-state index contributed by atoms with van der Waals surface area (Å²) in [7, 11) is 1.12. The summed E-state index contributed by atoms with van der Waals surface area (Å²) >= 11 is 0. The number of amides is 3. The maximum absolute atomic E-state index is 13.6. The first-order valence-corrected chi connectivity index (χ1v) is 12.7. The van der Waals surface area contributed by atoms with Crippen LogP contribution in [-0.4, -0.2) is 37.4 Å². The Morgan fingerprint density at radius 1 is 0.857 bits per heavy atom. The maximum atomic E-state index is 13.6. The van der Waals surface area contributed by atoms with Crippen LogP contribution in [0.1, 0.15) is 51.1 Å². The molecule has 0 bridgehead atoms. The molecule has 0 radical (unpaired) electrons. The summed E-state index contributed by atoms with van der Waals surface area (Å²) < 4.78 is 94.2. The summed E-state index contributed by atoms with van der Waals surface area (Å²) in [6.07, 6.45) is -8.56. The maximum Gasteiger partial charge on any atom is 0.416 e. The van der Waals surface area contributed by atoms with E-state index in [1.165, 1.54) is 30.3 Å². The summed E-state index contributed by atoms with van der Waals surface area (Å²) in [6.45, 7) is 0.459. The lowest BCUT2D eigenvalue weighted by molar-refractivity contribution is -0.143. The van der Waals surface area contributed by atoms with Crippen molar-refractivity contribution in [3.05, 3.63) is 88.7 Å². The third kappa shape index (κ3) is 6.89. The third-order valence-corrected chi connectivity index (χ3v) is 6.76. The predicted molar refractivity (Wildman–Crippen MR) is 139 cm³/mol. The second-order valence-electron chi connectivity index (χ2n) is 9.71. The molecule has 0 aromatic heterocycles. The molecule has 1 atom stereocenters. The van der Waals surface area contributed by atoms with Crippen molar-refractivity contribution in [3.8, 4) is 11.1 Å². The summed E-state index contributed by atoms with van der Waals surface area (Å²) in [5.41, 5.74) is -3.73. The zero-order valence-corrected chi connectivity index (χ0v) is 22.0. The van der Waals surface area contributed by atoms with E-state index in [2.05, 4.69) is 10.6 Å². The summed E-state index contributed by atoms with van der Waals surface area (Å²) in [6, 6.07) is 8.66. The van der Waals surface area contributed by atoms with Crippen molar-refractivity contribution in [2.75, 3.05) is 18.5 Å². The van der Waals surface area contributed by atoms with Gasteiger partial charge in [-0.05, 0) is 67.3 Å². The first-order chi connectivity index (χ1) is 19.6. The van der Waals surface area contributed by atoms with Gasteiger partial charge in [0.1, 0.15) is 11.9 Å². The fraction of sp³-hybridized carbons (Fsp3) is 0.276. The van der Waals surface area contributed by atoms with Crippen LogP contribution < -0.4 is 15.5 Å². The second-order valence-corrected chi connectivity index (χ2v) is 9.71. The molecule has 1 fully saturated rings. The van der Waals surface area contributed by atoms with Crippen LogP contribution in [0.3, 0.4) is 0 Å². The molecule has 222 valence electrons. The minimum atomic E-state index is -5.17. The molecule has 1 saturated heterocycles. The van der Waals surface area contributed by atoms with Crippen LogP contribution in [0.5, 0.6) is 0 Å². The molecule has 42 heavy (non-hydrogen) atoms. The van der Waals surface area contributed by atoms with Crippen LogP contribution in [0.25, 0.3) is 11.1 Å². The molecule has 0 aliphatic carbocycles. The number of hydrogen-bond donors (Lipinski definition) is 2. The van der Waals surface area contributed by atoms with Gasteiger partial charge in [-0.15, -0.1) is 0 Å². The molecule has 6 nitrogen and oxygen atoms in total. The quantitative estimate of drug-likeness (QED) is 0.345. The third-order valence-electron chi connectivity index (χ3n) is 6.76. The van der Waals surface area contributed by atoms with Gasteiger partial charge in [-0.25, -0.2) is 4.39 Å². The number of anilines is 1. The Labute approximate surface area is 235 Å². The number of nitrogens with one attached hydrogen (secondary N) is 2. The van der Waals surface area contributed by atoms with Crippen molar-refractivity contribution < 1.29 is 45.1 Å². The predicted octanol–water partition coefficient (Wildman–Crippen LogP) is 6.21. The Balaban J connectivity index is 1.77. The van der Waals surface area contributed by atoms with Gasteiger partial charge in [-0.3, -0.25) is 14.4 Å². The fourth-order valence-corrected chi connectivity index (χ4v) is 4.52. The highest BCUT2D eigenvalue weighted by Crippen LogP contribution is 2.38. The van der Waals surface area contributed by atoms with Gasteiger partial charge in [0.2, 0.25) is 5.91 Å². The van der Waals surface area contributed by atoms with E-state index < -0.39 is 52.7 Å². The number of halogens is 7. The molecule has 3 aromatic rings. The Morgan fingerprint density at radius 2 is 1.48 bits per heavy atom. The van der Waals surface area contributed by atoms with Crippen molar-refractivity contribution in [1.29, 1.82) is 0 Å². The van der Waals surface area contributed by atoms with Crippen LogP contribution in [0, 0.1) is 5.82 Å². The van der Waals surface area contributed by atoms with E-state index in [4.69, 9.17) is 0 Å². The van der Waals surface area contributed by atoms with E-state index in [0.29, 0.717) is 37.1 Å². The average molecular weight is 596 g/mol. The van der Waals surface area contributed by atoms with Gasteiger partial charge in [-0.1, -0.05) is 18.2 Å². The highest BCUT2D eigenvalue weighted by molar-refractivity contribution is 6.09. The minimum Gasteiger partial charge on any atom is -0.354 e. The summed E-state index contributed by atoms with van der Waals surface area (Å²) in [5.74, 6) is -2.87. The Hall–Kier alpha value is -4.42. The number of benzene rings is 3. The molecule has 2 N–H and O–H groups in total. The number of hydrogen-bond acceptors (Lipinski definition) is 3. The normalized spacial score (nSPS) is 15.9. The fourth-order valence-electron chi connectivity index (χ4n) is 4.52.